The second-order valence-corrected chi connectivity index (χ2v) is 9.11. The number of benzene rings is 3. The fraction of sp³-hybridized carbons (Fsp3) is 0.208. The van der Waals surface area contributed by atoms with Crippen LogP contribution in [0.3, 0.4) is 0 Å². The number of aryl methyl sites for hydroxylation is 2. The number of carbonyl (C=O) groups is 1. The molecule has 0 saturated heterocycles. The quantitative estimate of drug-likeness (QED) is 0.553. The summed E-state index contributed by atoms with van der Waals surface area (Å²) in [6.07, 6.45) is 0. The van der Waals surface area contributed by atoms with Crippen molar-refractivity contribution in [2.75, 3.05) is 30.4 Å². The Kier molecular flexibility index (Phi) is 7.05. The summed E-state index contributed by atoms with van der Waals surface area (Å²) in [6, 6.07) is 18.6. The van der Waals surface area contributed by atoms with E-state index < -0.39 is 22.5 Å². The minimum atomic E-state index is -4.06. The van der Waals surface area contributed by atoms with E-state index >= 15 is 0 Å². The number of nitrogens with one attached hydrogen (secondary N) is 1. The highest BCUT2D eigenvalue weighted by Gasteiger charge is 2.29. The predicted molar refractivity (Wildman–Crippen MR) is 125 cm³/mol. The van der Waals surface area contributed by atoms with E-state index in [0.717, 1.165) is 15.4 Å². The van der Waals surface area contributed by atoms with Gasteiger partial charge in [0.05, 0.1) is 30.5 Å². The third-order valence-electron chi connectivity index (χ3n) is 4.88. The second-order valence-electron chi connectivity index (χ2n) is 7.25. The topological polar surface area (TPSA) is 84.9 Å². The fourth-order valence-electron chi connectivity index (χ4n) is 3.20. The Hall–Kier alpha value is -3.52. The summed E-state index contributed by atoms with van der Waals surface area (Å²) >= 11 is 0. The molecule has 0 atom stereocenters. The van der Waals surface area contributed by atoms with E-state index in [9.17, 15) is 13.2 Å². The first-order valence-electron chi connectivity index (χ1n) is 9.93. The molecule has 0 aliphatic heterocycles. The van der Waals surface area contributed by atoms with Crippen molar-refractivity contribution in [3.63, 3.8) is 0 Å². The van der Waals surface area contributed by atoms with Gasteiger partial charge in [0.15, 0.2) is 0 Å². The molecule has 3 aromatic carbocycles. The summed E-state index contributed by atoms with van der Waals surface area (Å²) in [5.41, 5.74) is 2.49. The van der Waals surface area contributed by atoms with Crippen molar-refractivity contribution in [2.24, 2.45) is 0 Å². The summed E-state index contributed by atoms with van der Waals surface area (Å²) in [4.78, 5) is 13.0. The van der Waals surface area contributed by atoms with Gasteiger partial charge in [-0.05, 0) is 55.8 Å². The molecule has 0 aliphatic carbocycles. The molecule has 32 heavy (non-hydrogen) atoms. The monoisotopic (exact) mass is 454 g/mol. The Balaban J connectivity index is 2.04. The van der Waals surface area contributed by atoms with Crippen LogP contribution in [0.15, 0.2) is 71.6 Å². The van der Waals surface area contributed by atoms with E-state index in [0.29, 0.717) is 17.2 Å². The summed E-state index contributed by atoms with van der Waals surface area (Å²) in [6.45, 7) is 3.26. The molecule has 0 radical (unpaired) electrons. The number of amides is 1. The number of carbonyl (C=O) groups excluding carboxylic acids is 1. The maximum atomic E-state index is 13.6. The van der Waals surface area contributed by atoms with Gasteiger partial charge in [-0.25, -0.2) is 8.42 Å². The number of hydrogen-bond donors (Lipinski definition) is 1. The van der Waals surface area contributed by atoms with Crippen molar-refractivity contribution in [3.8, 4) is 11.5 Å². The molecular formula is C24H26N2O5S. The molecule has 3 rings (SSSR count). The molecular weight excluding hydrogens is 428 g/mol. The van der Waals surface area contributed by atoms with Crippen LogP contribution in [0.1, 0.15) is 11.1 Å². The molecule has 0 aliphatic rings. The van der Waals surface area contributed by atoms with E-state index in [2.05, 4.69) is 5.32 Å². The minimum absolute atomic E-state index is 0.0803. The summed E-state index contributed by atoms with van der Waals surface area (Å²) in [5.74, 6) is 0.298. The van der Waals surface area contributed by atoms with Gasteiger partial charge in [0.25, 0.3) is 10.0 Å². The first-order chi connectivity index (χ1) is 15.3. The van der Waals surface area contributed by atoms with Crippen LogP contribution >= 0.6 is 0 Å². The smallest absolute Gasteiger partial charge is 0.264 e. The molecule has 168 valence electrons. The lowest BCUT2D eigenvalue weighted by molar-refractivity contribution is -0.114. The zero-order chi connectivity index (χ0) is 23.3. The lowest BCUT2D eigenvalue weighted by atomic mass is 10.2. The summed E-state index contributed by atoms with van der Waals surface area (Å²) < 4.78 is 38.9. The Morgan fingerprint density at radius 1 is 0.875 bits per heavy atom. The van der Waals surface area contributed by atoms with Gasteiger partial charge < -0.3 is 14.8 Å². The first kappa shape index (κ1) is 23.1. The third-order valence-corrected chi connectivity index (χ3v) is 6.65. The molecule has 3 aromatic rings. The van der Waals surface area contributed by atoms with E-state index in [-0.39, 0.29) is 10.6 Å². The van der Waals surface area contributed by atoms with E-state index in [1.807, 2.05) is 19.9 Å². The molecule has 0 aromatic heterocycles. The number of ether oxygens (including phenoxy) is 2. The lowest BCUT2D eigenvalue weighted by Crippen LogP contribution is -2.38. The van der Waals surface area contributed by atoms with Gasteiger partial charge in [-0.3, -0.25) is 9.10 Å². The maximum absolute atomic E-state index is 13.6. The number of anilines is 2. The largest absolute Gasteiger partial charge is 0.495 e. The Morgan fingerprint density at radius 3 is 2.16 bits per heavy atom. The van der Waals surface area contributed by atoms with E-state index in [1.54, 1.807) is 48.5 Å². The standard InChI is InChI=1S/C24H26N2O5S/c1-17-9-12-19(13-10-17)32(28,29)26(21-15-18(2)11-14-23(21)31-4)16-24(27)25-20-7-5-6-8-22(20)30-3/h5-15H,16H2,1-4H3,(H,25,27). The molecule has 1 amide bonds. The molecule has 0 fully saturated rings. The average molecular weight is 455 g/mol. The van der Waals surface area contributed by atoms with Crippen molar-refractivity contribution in [3.05, 3.63) is 77.9 Å². The summed E-state index contributed by atoms with van der Waals surface area (Å²) in [7, 11) is -1.11. The highest BCUT2D eigenvalue weighted by atomic mass is 32.2. The molecule has 0 saturated carbocycles. The van der Waals surface area contributed by atoms with Crippen molar-refractivity contribution < 1.29 is 22.7 Å². The van der Waals surface area contributed by atoms with E-state index in [1.165, 1.54) is 26.4 Å². The van der Waals surface area contributed by atoms with E-state index in [4.69, 9.17) is 9.47 Å². The molecule has 0 spiro atoms. The molecule has 0 unspecified atom stereocenters. The third kappa shape index (κ3) is 5.03. The zero-order valence-corrected chi connectivity index (χ0v) is 19.3. The van der Waals surface area contributed by atoms with Crippen LogP contribution in [0, 0.1) is 13.8 Å². The Morgan fingerprint density at radius 2 is 1.50 bits per heavy atom. The fourth-order valence-corrected chi connectivity index (χ4v) is 4.62. The van der Waals surface area contributed by atoms with Gasteiger partial charge in [0.2, 0.25) is 5.91 Å². The van der Waals surface area contributed by atoms with Gasteiger partial charge in [-0.1, -0.05) is 35.9 Å². The van der Waals surface area contributed by atoms with Gasteiger partial charge in [-0.2, -0.15) is 0 Å². The number of sulfonamides is 1. The molecule has 0 heterocycles. The minimum Gasteiger partial charge on any atom is -0.495 e. The first-order valence-corrected chi connectivity index (χ1v) is 11.4. The van der Waals surface area contributed by atoms with Crippen molar-refractivity contribution >= 4 is 27.3 Å². The molecule has 8 heteroatoms. The highest BCUT2D eigenvalue weighted by molar-refractivity contribution is 7.92. The van der Waals surface area contributed by atoms with Crippen LogP contribution in [0.2, 0.25) is 0 Å². The Bertz CT molecular complexity index is 1210. The van der Waals surface area contributed by atoms with Crippen LogP contribution in [0.4, 0.5) is 11.4 Å². The molecule has 7 nitrogen and oxygen atoms in total. The number of para-hydroxylation sites is 2. The summed E-state index contributed by atoms with van der Waals surface area (Å²) in [5, 5.41) is 2.74. The van der Waals surface area contributed by atoms with Crippen LogP contribution in [-0.4, -0.2) is 35.1 Å². The zero-order valence-electron chi connectivity index (χ0n) is 18.5. The van der Waals surface area contributed by atoms with Crippen molar-refractivity contribution in [1.29, 1.82) is 0 Å². The SMILES string of the molecule is COc1ccccc1NC(=O)CN(c1cc(C)ccc1OC)S(=O)(=O)c1ccc(C)cc1. The molecule has 0 bridgehead atoms. The van der Waals surface area contributed by atoms with Crippen molar-refractivity contribution in [1.82, 2.24) is 0 Å². The lowest BCUT2D eigenvalue weighted by Gasteiger charge is -2.26. The van der Waals surface area contributed by atoms with Crippen molar-refractivity contribution in [2.45, 2.75) is 18.7 Å². The number of methoxy groups -OCH3 is 2. The van der Waals surface area contributed by atoms with Crippen LogP contribution in [-0.2, 0) is 14.8 Å². The number of nitrogens with zero attached hydrogens (tertiary/aromatic N) is 1. The highest BCUT2D eigenvalue weighted by Crippen LogP contribution is 2.33. The van der Waals surface area contributed by atoms with Crippen LogP contribution < -0.4 is 19.1 Å². The molecule has 1 N–H and O–H groups in total. The number of rotatable bonds is 8. The number of hydrogen-bond acceptors (Lipinski definition) is 5. The van der Waals surface area contributed by atoms with Gasteiger partial charge in [-0.15, -0.1) is 0 Å². The normalized spacial score (nSPS) is 11.0. The maximum Gasteiger partial charge on any atom is 0.264 e. The van der Waals surface area contributed by atoms with Crippen LogP contribution in [0.25, 0.3) is 0 Å². The van der Waals surface area contributed by atoms with Gasteiger partial charge >= 0.3 is 0 Å². The predicted octanol–water partition coefficient (Wildman–Crippen LogP) is 4.15. The van der Waals surface area contributed by atoms with Gasteiger partial charge in [0, 0.05) is 0 Å². The average Bonchev–Trinajstić information content (AvgIpc) is 2.78. The van der Waals surface area contributed by atoms with Crippen LogP contribution in [0.5, 0.6) is 11.5 Å². The Labute approximate surface area is 188 Å². The van der Waals surface area contributed by atoms with Gasteiger partial charge in [0.1, 0.15) is 18.0 Å². The second kappa shape index (κ2) is 9.74.